The van der Waals surface area contributed by atoms with E-state index in [0.29, 0.717) is 5.56 Å². The zero-order valence-corrected chi connectivity index (χ0v) is 15.2. The number of nitrogens with zero attached hydrogens (tertiary/aromatic N) is 1. The maximum absolute atomic E-state index is 13.9. The molecule has 140 valence electrons. The van der Waals surface area contributed by atoms with Crippen LogP contribution in [0.2, 0.25) is 0 Å². The summed E-state index contributed by atoms with van der Waals surface area (Å²) in [6.07, 6.45) is 0. The normalized spacial score (nSPS) is 15.3. The second kappa shape index (κ2) is 7.19. The number of hydrogen-bond donors (Lipinski definition) is 1. The smallest absolute Gasteiger partial charge is 0.262 e. The van der Waals surface area contributed by atoms with Crippen LogP contribution in [0.4, 0.5) is 4.39 Å². The van der Waals surface area contributed by atoms with Crippen LogP contribution >= 0.6 is 0 Å². The highest BCUT2D eigenvalue weighted by Gasteiger charge is 2.40. The highest BCUT2D eigenvalue weighted by molar-refractivity contribution is 6.22. The topological polar surface area (TPSA) is 75.7 Å². The van der Waals surface area contributed by atoms with Crippen molar-refractivity contribution in [2.24, 2.45) is 0 Å². The first-order chi connectivity index (χ1) is 12.8. The van der Waals surface area contributed by atoms with E-state index in [1.807, 2.05) is 0 Å². The van der Waals surface area contributed by atoms with Crippen molar-refractivity contribution >= 4 is 17.7 Å². The first-order valence-electron chi connectivity index (χ1n) is 8.46. The van der Waals surface area contributed by atoms with E-state index in [2.05, 4.69) is 5.32 Å². The number of methoxy groups -OCH3 is 1. The maximum Gasteiger partial charge on any atom is 0.262 e. The van der Waals surface area contributed by atoms with Crippen molar-refractivity contribution in [2.75, 3.05) is 7.11 Å². The van der Waals surface area contributed by atoms with Crippen LogP contribution in [-0.2, 0) is 4.79 Å². The van der Waals surface area contributed by atoms with Crippen LogP contribution < -0.4 is 10.1 Å². The molecule has 2 unspecified atom stereocenters. The van der Waals surface area contributed by atoms with Gasteiger partial charge in [0.2, 0.25) is 5.91 Å². The summed E-state index contributed by atoms with van der Waals surface area (Å²) >= 11 is 0. The second-order valence-electron chi connectivity index (χ2n) is 6.33. The fourth-order valence-electron chi connectivity index (χ4n) is 3.05. The minimum absolute atomic E-state index is 0.108. The van der Waals surface area contributed by atoms with Crippen LogP contribution in [0.5, 0.6) is 5.75 Å². The Labute approximate surface area is 155 Å². The van der Waals surface area contributed by atoms with Gasteiger partial charge < -0.3 is 10.1 Å². The van der Waals surface area contributed by atoms with Gasteiger partial charge in [-0.2, -0.15) is 0 Å². The third-order valence-corrected chi connectivity index (χ3v) is 4.63. The molecule has 0 spiro atoms. The lowest BCUT2D eigenvalue weighted by molar-refractivity contribution is -0.125. The molecule has 7 heteroatoms. The Balaban J connectivity index is 1.74. The Morgan fingerprint density at radius 3 is 2.19 bits per heavy atom. The number of carbonyl (C=O) groups excluding carboxylic acids is 3. The monoisotopic (exact) mass is 370 g/mol. The molecule has 1 heterocycles. The summed E-state index contributed by atoms with van der Waals surface area (Å²) in [5, 5.41) is 2.71. The summed E-state index contributed by atoms with van der Waals surface area (Å²) in [4.78, 5) is 38.5. The van der Waals surface area contributed by atoms with Gasteiger partial charge in [0, 0.05) is 0 Å². The lowest BCUT2D eigenvalue weighted by atomic mass is 10.1. The zero-order chi connectivity index (χ0) is 19.7. The van der Waals surface area contributed by atoms with Crippen molar-refractivity contribution < 1.29 is 23.5 Å². The number of fused-ring (bicyclic) bond motifs is 1. The van der Waals surface area contributed by atoms with E-state index in [1.165, 1.54) is 26.2 Å². The molecular formula is C20H19FN2O4. The summed E-state index contributed by atoms with van der Waals surface area (Å²) in [5.74, 6) is -1.93. The first kappa shape index (κ1) is 18.6. The van der Waals surface area contributed by atoms with E-state index in [4.69, 9.17) is 4.74 Å². The molecular weight excluding hydrogens is 351 g/mol. The number of carbonyl (C=O) groups is 3. The molecule has 0 saturated heterocycles. The Kier molecular flexibility index (Phi) is 4.94. The molecule has 0 saturated carbocycles. The van der Waals surface area contributed by atoms with E-state index in [0.717, 1.165) is 4.90 Å². The van der Waals surface area contributed by atoms with Crippen LogP contribution in [0.25, 0.3) is 0 Å². The van der Waals surface area contributed by atoms with Gasteiger partial charge in [0.25, 0.3) is 11.8 Å². The van der Waals surface area contributed by atoms with Crippen LogP contribution in [0.1, 0.15) is 46.2 Å². The molecule has 0 aromatic heterocycles. The van der Waals surface area contributed by atoms with Crippen molar-refractivity contribution in [1.82, 2.24) is 10.2 Å². The van der Waals surface area contributed by atoms with Crippen LogP contribution in [0, 0.1) is 5.82 Å². The maximum atomic E-state index is 13.9. The third kappa shape index (κ3) is 3.28. The van der Waals surface area contributed by atoms with Gasteiger partial charge in [-0.15, -0.1) is 0 Å². The molecule has 3 rings (SSSR count). The lowest BCUT2D eigenvalue weighted by Crippen LogP contribution is -2.48. The molecule has 0 fully saturated rings. The molecule has 1 aliphatic rings. The standard InChI is InChI=1S/C20H19FN2O4/c1-11(13-8-9-17(27-3)16(21)10-13)22-18(24)12(2)23-19(25)14-6-4-5-7-15(14)20(23)26/h4-12H,1-3H3,(H,22,24). The van der Waals surface area contributed by atoms with Crippen molar-refractivity contribution in [3.63, 3.8) is 0 Å². The number of halogens is 1. The van der Waals surface area contributed by atoms with Crippen molar-refractivity contribution in [1.29, 1.82) is 0 Å². The molecule has 0 radical (unpaired) electrons. The van der Waals surface area contributed by atoms with Crippen LogP contribution in [0.15, 0.2) is 42.5 Å². The van der Waals surface area contributed by atoms with Crippen LogP contribution in [-0.4, -0.2) is 35.8 Å². The number of ether oxygens (including phenoxy) is 1. The molecule has 0 bridgehead atoms. The van der Waals surface area contributed by atoms with Gasteiger partial charge in [-0.3, -0.25) is 19.3 Å². The van der Waals surface area contributed by atoms with Crippen LogP contribution in [0.3, 0.4) is 0 Å². The highest BCUT2D eigenvalue weighted by Crippen LogP contribution is 2.25. The van der Waals surface area contributed by atoms with Crippen molar-refractivity contribution in [3.05, 3.63) is 65.0 Å². The number of amides is 3. The first-order valence-corrected chi connectivity index (χ1v) is 8.46. The summed E-state index contributed by atoms with van der Waals surface area (Å²) in [5.41, 5.74) is 1.11. The van der Waals surface area contributed by atoms with Crippen molar-refractivity contribution in [2.45, 2.75) is 25.9 Å². The average molecular weight is 370 g/mol. The Morgan fingerprint density at radius 1 is 1.07 bits per heavy atom. The predicted molar refractivity (Wildman–Crippen MR) is 95.9 cm³/mol. The third-order valence-electron chi connectivity index (χ3n) is 4.63. The number of hydrogen-bond acceptors (Lipinski definition) is 4. The summed E-state index contributed by atoms with van der Waals surface area (Å²) in [7, 11) is 1.37. The molecule has 2 aromatic carbocycles. The molecule has 2 aromatic rings. The molecule has 2 atom stereocenters. The molecule has 1 aliphatic heterocycles. The Hall–Kier alpha value is -3.22. The fraction of sp³-hybridized carbons (Fsp3) is 0.250. The minimum atomic E-state index is -0.997. The van der Waals surface area contributed by atoms with E-state index in [1.54, 1.807) is 37.3 Å². The highest BCUT2D eigenvalue weighted by atomic mass is 19.1. The van der Waals surface area contributed by atoms with E-state index >= 15 is 0 Å². The van der Waals surface area contributed by atoms with E-state index in [-0.39, 0.29) is 16.9 Å². The quantitative estimate of drug-likeness (QED) is 0.821. The molecule has 6 nitrogen and oxygen atoms in total. The predicted octanol–water partition coefficient (Wildman–Crippen LogP) is 2.70. The average Bonchev–Trinajstić information content (AvgIpc) is 2.92. The number of nitrogens with one attached hydrogen (secondary N) is 1. The van der Waals surface area contributed by atoms with Gasteiger partial charge in [-0.1, -0.05) is 18.2 Å². The number of imide groups is 1. The summed E-state index contributed by atoms with van der Waals surface area (Å²) < 4.78 is 18.7. The SMILES string of the molecule is COc1ccc(C(C)NC(=O)C(C)N2C(=O)c3ccccc3C2=O)cc1F. The van der Waals surface area contributed by atoms with Gasteiger partial charge in [0.1, 0.15) is 6.04 Å². The van der Waals surface area contributed by atoms with Gasteiger partial charge >= 0.3 is 0 Å². The Morgan fingerprint density at radius 2 is 1.67 bits per heavy atom. The minimum Gasteiger partial charge on any atom is -0.494 e. The van der Waals surface area contributed by atoms with E-state index in [9.17, 15) is 18.8 Å². The zero-order valence-electron chi connectivity index (χ0n) is 15.2. The largest absolute Gasteiger partial charge is 0.494 e. The molecule has 1 N–H and O–H groups in total. The van der Waals surface area contributed by atoms with Gasteiger partial charge in [0.15, 0.2) is 11.6 Å². The van der Waals surface area contributed by atoms with Gasteiger partial charge in [-0.05, 0) is 43.7 Å². The van der Waals surface area contributed by atoms with E-state index < -0.39 is 35.6 Å². The second-order valence-corrected chi connectivity index (χ2v) is 6.33. The fourth-order valence-corrected chi connectivity index (χ4v) is 3.05. The number of rotatable bonds is 5. The Bertz CT molecular complexity index is 893. The van der Waals surface area contributed by atoms with Gasteiger partial charge in [-0.25, -0.2) is 4.39 Å². The molecule has 3 amide bonds. The van der Waals surface area contributed by atoms with Crippen molar-refractivity contribution in [3.8, 4) is 5.75 Å². The van der Waals surface area contributed by atoms with Gasteiger partial charge in [0.05, 0.1) is 24.3 Å². The number of benzene rings is 2. The summed E-state index contributed by atoms with van der Waals surface area (Å²) in [6, 6.07) is 9.32. The molecule has 0 aliphatic carbocycles. The molecule has 27 heavy (non-hydrogen) atoms. The summed E-state index contributed by atoms with van der Waals surface area (Å²) in [6.45, 7) is 3.17. The lowest BCUT2D eigenvalue weighted by Gasteiger charge is -2.24.